The largest absolute Gasteiger partial charge is 0.493 e. The average Bonchev–Trinajstić information content (AvgIpc) is 2.76. The maximum Gasteiger partial charge on any atom is 0.175 e. The Balaban J connectivity index is 1.24. The second-order valence-corrected chi connectivity index (χ2v) is 11.7. The highest BCUT2D eigenvalue weighted by Gasteiger charge is 2.52. The standard InChI is InChI=1S/C27H33BrClNO2/c1-17(27-12-19-7-20(13-27)9-21(8-19)14-27)30-15-22-10-24(28)26(25(11-22)31-2)32-16-18-3-5-23(29)6-4-18/h3-6,10-11,17,19-21,30H,7-9,12-16H2,1-2H3/t17-,19?,20?,21?,27?/m0/s1. The normalized spacial score (nSPS) is 29.2. The third-order valence-electron chi connectivity index (χ3n) is 8.20. The molecule has 5 heteroatoms. The Morgan fingerprint density at radius 2 is 1.66 bits per heavy atom. The Kier molecular flexibility index (Phi) is 6.48. The maximum atomic E-state index is 6.09. The van der Waals surface area contributed by atoms with Gasteiger partial charge in [0.25, 0.3) is 0 Å². The number of nitrogens with one attached hydrogen (secondary N) is 1. The van der Waals surface area contributed by atoms with E-state index in [0.717, 1.165) is 50.9 Å². The van der Waals surface area contributed by atoms with Crippen molar-refractivity contribution in [2.45, 2.75) is 64.6 Å². The molecule has 0 heterocycles. The zero-order chi connectivity index (χ0) is 22.3. The topological polar surface area (TPSA) is 30.5 Å². The molecule has 0 unspecified atom stereocenters. The lowest BCUT2D eigenvalue weighted by molar-refractivity contribution is -0.0706. The molecular formula is C27H33BrClNO2. The van der Waals surface area contributed by atoms with Gasteiger partial charge in [0.2, 0.25) is 0 Å². The van der Waals surface area contributed by atoms with E-state index in [1.165, 1.54) is 44.1 Å². The number of hydrogen-bond donors (Lipinski definition) is 1. The van der Waals surface area contributed by atoms with E-state index in [0.29, 0.717) is 18.1 Å². The number of methoxy groups -OCH3 is 1. The summed E-state index contributed by atoms with van der Waals surface area (Å²) in [5, 5.41) is 4.62. The van der Waals surface area contributed by atoms with Crippen LogP contribution < -0.4 is 14.8 Å². The van der Waals surface area contributed by atoms with Crippen LogP contribution in [0, 0.1) is 23.2 Å². The Bertz CT molecular complexity index is 926. The Hall–Kier alpha value is -1.23. The molecule has 0 aromatic heterocycles. The fourth-order valence-corrected chi connectivity index (χ4v) is 7.68. The molecule has 0 spiro atoms. The fourth-order valence-electron chi connectivity index (χ4n) is 6.95. The van der Waals surface area contributed by atoms with Crippen molar-refractivity contribution in [1.82, 2.24) is 5.32 Å². The quantitative estimate of drug-likeness (QED) is 0.395. The van der Waals surface area contributed by atoms with E-state index in [1.54, 1.807) is 7.11 Å². The van der Waals surface area contributed by atoms with Crippen LogP contribution in [0.3, 0.4) is 0 Å². The highest BCUT2D eigenvalue weighted by molar-refractivity contribution is 9.10. The second-order valence-electron chi connectivity index (χ2n) is 10.4. The van der Waals surface area contributed by atoms with Crippen molar-refractivity contribution in [1.29, 1.82) is 0 Å². The van der Waals surface area contributed by atoms with Gasteiger partial charge in [0.05, 0.1) is 11.6 Å². The van der Waals surface area contributed by atoms with Crippen LogP contribution in [0.5, 0.6) is 11.5 Å². The molecular weight excluding hydrogens is 486 g/mol. The lowest BCUT2D eigenvalue weighted by atomic mass is 9.48. The van der Waals surface area contributed by atoms with E-state index >= 15 is 0 Å². The predicted molar refractivity (Wildman–Crippen MR) is 133 cm³/mol. The summed E-state index contributed by atoms with van der Waals surface area (Å²) in [5.41, 5.74) is 2.79. The zero-order valence-corrected chi connectivity index (χ0v) is 21.3. The second kappa shape index (κ2) is 9.19. The van der Waals surface area contributed by atoms with Crippen LogP contribution >= 0.6 is 27.5 Å². The van der Waals surface area contributed by atoms with Crippen LogP contribution in [0.15, 0.2) is 40.9 Å². The summed E-state index contributed by atoms with van der Waals surface area (Å²) < 4.78 is 12.7. The van der Waals surface area contributed by atoms with Gasteiger partial charge in [0.1, 0.15) is 6.61 Å². The summed E-state index contributed by atoms with van der Waals surface area (Å²) in [5.74, 6) is 4.44. The first-order chi connectivity index (χ1) is 15.4. The molecule has 4 saturated carbocycles. The van der Waals surface area contributed by atoms with Crippen LogP contribution in [0.25, 0.3) is 0 Å². The molecule has 0 radical (unpaired) electrons. The summed E-state index contributed by atoms with van der Waals surface area (Å²) in [6, 6.07) is 12.5. The highest BCUT2D eigenvalue weighted by atomic mass is 79.9. The van der Waals surface area contributed by atoms with Gasteiger partial charge in [-0.25, -0.2) is 0 Å². The van der Waals surface area contributed by atoms with Crippen LogP contribution in [0.1, 0.15) is 56.6 Å². The van der Waals surface area contributed by atoms with Crippen LogP contribution in [-0.4, -0.2) is 13.2 Å². The van der Waals surface area contributed by atoms with E-state index in [2.05, 4.69) is 40.3 Å². The SMILES string of the molecule is COc1cc(CN[C@@H](C)C23CC4CC(CC(C4)C2)C3)cc(Br)c1OCc1ccc(Cl)cc1. The lowest BCUT2D eigenvalue weighted by Crippen LogP contribution is -2.54. The smallest absolute Gasteiger partial charge is 0.175 e. The first-order valence-corrected chi connectivity index (χ1v) is 13.1. The molecule has 1 N–H and O–H groups in total. The van der Waals surface area contributed by atoms with Gasteiger partial charge in [-0.2, -0.15) is 0 Å². The number of hydrogen-bond acceptors (Lipinski definition) is 3. The number of rotatable bonds is 8. The van der Waals surface area contributed by atoms with Gasteiger partial charge in [-0.15, -0.1) is 0 Å². The van der Waals surface area contributed by atoms with Crippen molar-refractivity contribution in [3.63, 3.8) is 0 Å². The molecule has 6 rings (SSSR count). The minimum absolute atomic E-state index is 0.465. The molecule has 32 heavy (non-hydrogen) atoms. The van der Waals surface area contributed by atoms with Gasteiger partial charge < -0.3 is 14.8 Å². The van der Waals surface area contributed by atoms with Crippen molar-refractivity contribution < 1.29 is 9.47 Å². The van der Waals surface area contributed by atoms with Crippen molar-refractivity contribution in [2.75, 3.05) is 7.11 Å². The van der Waals surface area contributed by atoms with Crippen LogP contribution in [-0.2, 0) is 13.2 Å². The monoisotopic (exact) mass is 517 g/mol. The molecule has 4 aliphatic carbocycles. The first-order valence-electron chi connectivity index (χ1n) is 11.9. The van der Waals surface area contributed by atoms with Gasteiger partial charge in [0.15, 0.2) is 11.5 Å². The van der Waals surface area contributed by atoms with Gasteiger partial charge in [-0.3, -0.25) is 0 Å². The fraction of sp³-hybridized carbons (Fsp3) is 0.556. The van der Waals surface area contributed by atoms with Crippen LogP contribution in [0.4, 0.5) is 0 Å². The van der Waals surface area contributed by atoms with E-state index in [-0.39, 0.29) is 0 Å². The molecule has 0 aliphatic heterocycles. The van der Waals surface area contributed by atoms with Gasteiger partial charge in [-0.1, -0.05) is 23.7 Å². The average molecular weight is 519 g/mol. The molecule has 2 aromatic rings. The highest BCUT2D eigenvalue weighted by Crippen LogP contribution is 2.61. The predicted octanol–water partition coefficient (Wildman–Crippen LogP) is 7.38. The number of halogens is 2. The molecule has 1 atom stereocenters. The minimum Gasteiger partial charge on any atom is -0.493 e. The third kappa shape index (κ3) is 4.56. The van der Waals surface area contributed by atoms with Crippen molar-refractivity contribution >= 4 is 27.5 Å². The molecule has 2 aromatic carbocycles. The Morgan fingerprint density at radius 1 is 1.03 bits per heavy atom. The van der Waals surface area contributed by atoms with E-state index < -0.39 is 0 Å². The van der Waals surface area contributed by atoms with Crippen molar-refractivity contribution in [3.8, 4) is 11.5 Å². The minimum atomic E-state index is 0.465. The van der Waals surface area contributed by atoms with Crippen molar-refractivity contribution in [3.05, 3.63) is 57.0 Å². The van der Waals surface area contributed by atoms with E-state index in [1.807, 2.05) is 24.3 Å². The summed E-state index contributed by atoms with van der Waals surface area (Å²) in [6.07, 6.45) is 8.77. The van der Waals surface area contributed by atoms with E-state index in [9.17, 15) is 0 Å². The van der Waals surface area contributed by atoms with E-state index in [4.69, 9.17) is 21.1 Å². The lowest BCUT2D eigenvalue weighted by Gasteiger charge is -2.59. The Morgan fingerprint density at radius 3 is 2.25 bits per heavy atom. The molecule has 3 nitrogen and oxygen atoms in total. The number of ether oxygens (including phenoxy) is 2. The number of benzene rings is 2. The third-order valence-corrected chi connectivity index (χ3v) is 9.04. The van der Waals surface area contributed by atoms with Gasteiger partial charge in [-0.05, 0) is 120 Å². The molecule has 4 bridgehead atoms. The van der Waals surface area contributed by atoms with Gasteiger partial charge >= 0.3 is 0 Å². The molecule has 4 aliphatic rings. The molecule has 0 saturated heterocycles. The van der Waals surface area contributed by atoms with Crippen molar-refractivity contribution in [2.24, 2.45) is 23.2 Å². The molecule has 172 valence electrons. The summed E-state index contributed by atoms with van der Waals surface area (Å²) in [6.45, 7) is 3.73. The van der Waals surface area contributed by atoms with Gasteiger partial charge in [0, 0.05) is 17.6 Å². The first kappa shape index (κ1) is 22.6. The zero-order valence-electron chi connectivity index (χ0n) is 19.0. The molecule has 4 fully saturated rings. The summed E-state index contributed by atoms with van der Waals surface area (Å²) in [4.78, 5) is 0. The Labute approximate surface area is 205 Å². The summed E-state index contributed by atoms with van der Waals surface area (Å²) in [7, 11) is 1.70. The van der Waals surface area contributed by atoms with Crippen LogP contribution in [0.2, 0.25) is 5.02 Å². The molecule has 0 amide bonds. The maximum absolute atomic E-state index is 6.09. The summed E-state index contributed by atoms with van der Waals surface area (Å²) >= 11 is 9.69.